The summed E-state index contributed by atoms with van der Waals surface area (Å²) in [5.41, 5.74) is 2.91. The predicted octanol–water partition coefficient (Wildman–Crippen LogP) is 2.93. The van der Waals surface area contributed by atoms with Crippen molar-refractivity contribution in [3.05, 3.63) is 95.3 Å². The highest BCUT2D eigenvalue weighted by Gasteiger charge is 2.13. The zero-order valence-corrected chi connectivity index (χ0v) is 12.6. The molecule has 0 aliphatic rings. The molecule has 0 aliphatic heterocycles. The molecule has 0 aliphatic carbocycles. The summed E-state index contributed by atoms with van der Waals surface area (Å²) < 4.78 is 0. The van der Waals surface area contributed by atoms with Crippen molar-refractivity contribution in [2.45, 2.75) is 0 Å². The van der Waals surface area contributed by atoms with Crippen LogP contribution in [0.1, 0.15) is 22.5 Å². The van der Waals surface area contributed by atoms with E-state index < -0.39 is 0 Å². The molecule has 1 heterocycles. The molecule has 2 aromatic carbocycles. The van der Waals surface area contributed by atoms with Gasteiger partial charge in [0.1, 0.15) is 22.8 Å². The zero-order valence-electron chi connectivity index (χ0n) is 12.6. The molecule has 1 aromatic heterocycles. The van der Waals surface area contributed by atoms with Crippen molar-refractivity contribution in [1.29, 1.82) is 0 Å². The van der Waals surface area contributed by atoms with Gasteiger partial charge in [0.2, 0.25) is 0 Å². The number of rotatable bonds is 4. The van der Waals surface area contributed by atoms with Crippen molar-refractivity contribution >= 4 is 11.4 Å². The fourth-order valence-corrected chi connectivity index (χ4v) is 2.29. The number of hydrogen-bond acceptors (Lipinski definition) is 6. The quantitative estimate of drug-likeness (QED) is 0.439. The normalized spacial score (nSPS) is 12.2. The van der Waals surface area contributed by atoms with E-state index in [0.717, 1.165) is 11.1 Å². The molecule has 0 atom stereocenters. The van der Waals surface area contributed by atoms with Crippen LogP contribution in [0.25, 0.3) is 0 Å². The summed E-state index contributed by atoms with van der Waals surface area (Å²) >= 11 is 0. The SMILES string of the molecule is O/N=C(\c1ccccc1)c1ccc(/C(=N/O)c2ccccc2)nn1. The fraction of sp³-hybridized carbons (Fsp3) is 0. The van der Waals surface area contributed by atoms with Gasteiger partial charge in [-0.25, -0.2) is 0 Å². The van der Waals surface area contributed by atoms with Crippen molar-refractivity contribution in [2.24, 2.45) is 10.3 Å². The monoisotopic (exact) mass is 318 g/mol. The van der Waals surface area contributed by atoms with Gasteiger partial charge in [0.05, 0.1) is 0 Å². The highest BCUT2D eigenvalue weighted by atomic mass is 16.4. The van der Waals surface area contributed by atoms with Gasteiger partial charge in [-0.2, -0.15) is 0 Å². The molecule has 0 fully saturated rings. The third-order valence-corrected chi connectivity index (χ3v) is 3.44. The first-order valence-corrected chi connectivity index (χ1v) is 7.23. The molecule has 0 spiro atoms. The molecule has 3 rings (SSSR count). The number of benzene rings is 2. The van der Waals surface area contributed by atoms with Gasteiger partial charge in [-0.3, -0.25) is 0 Å². The maximum Gasteiger partial charge on any atom is 0.137 e. The van der Waals surface area contributed by atoms with Crippen LogP contribution in [0, 0.1) is 0 Å². The molecule has 0 saturated carbocycles. The van der Waals surface area contributed by atoms with Crippen LogP contribution >= 0.6 is 0 Å². The summed E-state index contributed by atoms with van der Waals surface area (Å²) in [4.78, 5) is 0. The second-order valence-electron chi connectivity index (χ2n) is 4.93. The lowest BCUT2D eigenvalue weighted by Crippen LogP contribution is -2.11. The average molecular weight is 318 g/mol. The average Bonchev–Trinajstić information content (AvgIpc) is 2.66. The number of nitrogens with zero attached hydrogens (tertiary/aromatic N) is 4. The van der Waals surface area contributed by atoms with Crippen molar-refractivity contribution in [2.75, 3.05) is 0 Å². The molecular weight excluding hydrogens is 304 g/mol. The minimum atomic E-state index is 0.317. The largest absolute Gasteiger partial charge is 0.410 e. The van der Waals surface area contributed by atoms with Crippen LogP contribution in [0.5, 0.6) is 0 Å². The van der Waals surface area contributed by atoms with Gasteiger partial charge in [0.15, 0.2) is 0 Å². The Morgan fingerprint density at radius 2 is 0.958 bits per heavy atom. The Morgan fingerprint density at radius 3 is 1.25 bits per heavy atom. The molecule has 3 aromatic rings. The van der Waals surface area contributed by atoms with Crippen molar-refractivity contribution < 1.29 is 10.4 Å². The highest BCUT2D eigenvalue weighted by Crippen LogP contribution is 2.11. The van der Waals surface area contributed by atoms with Crippen LogP contribution in [-0.4, -0.2) is 32.0 Å². The Hall–Kier alpha value is -3.54. The van der Waals surface area contributed by atoms with Crippen molar-refractivity contribution in [3.63, 3.8) is 0 Å². The smallest absolute Gasteiger partial charge is 0.137 e. The van der Waals surface area contributed by atoms with Crippen LogP contribution < -0.4 is 0 Å². The van der Waals surface area contributed by atoms with E-state index in [1.807, 2.05) is 60.7 Å². The summed E-state index contributed by atoms with van der Waals surface area (Å²) in [6.07, 6.45) is 0. The van der Waals surface area contributed by atoms with Gasteiger partial charge in [0.25, 0.3) is 0 Å². The fourth-order valence-electron chi connectivity index (χ4n) is 2.29. The van der Waals surface area contributed by atoms with Crippen LogP contribution in [-0.2, 0) is 0 Å². The van der Waals surface area contributed by atoms with E-state index in [2.05, 4.69) is 20.5 Å². The predicted molar refractivity (Wildman–Crippen MR) is 89.8 cm³/mol. The number of hydrogen-bond donors (Lipinski definition) is 2. The lowest BCUT2D eigenvalue weighted by atomic mass is 10.1. The minimum Gasteiger partial charge on any atom is -0.410 e. The lowest BCUT2D eigenvalue weighted by Gasteiger charge is -2.06. The summed E-state index contributed by atoms with van der Waals surface area (Å²) in [5, 5.41) is 33.4. The molecule has 118 valence electrons. The van der Waals surface area contributed by atoms with Crippen molar-refractivity contribution in [3.8, 4) is 0 Å². The Labute approximate surface area is 138 Å². The van der Waals surface area contributed by atoms with E-state index >= 15 is 0 Å². The maximum atomic E-state index is 9.29. The van der Waals surface area contributed by atoms with Crippen LogP contribution in [0.2, 0.25) is 0 Å². The van der Waals surface area contributed by atoms with Crippen molar-refractivity contribution in [1.82, 2.24) is 10.2 Å². The molecule has 0 bridgehead atoms. The van der Waals surface area contributed by atoms with E-state index in [-0.39, 0.29) is 0 Å². The minimum absolute atomic E-state index is 0.317. The first kappa shape index (κ1) is 15.4. The van der Waals surface area contributed by atoms with Gasteiger partial charge in [-0.1, -0.05) is 71.0 Å². The first-order chi connectivity index (χ1) is 11.8. The molecule has 6 nitrogen and oxygen atoms in total. The standard InChI is InChI=1S/C18H14N4O2/c23-21-17(13-7-3-1-4-8-13)15-11-12-16(20-19-15)18(22-24)14-9-5-2-6-10-14/h1-12,23-24H/b21-17+,22-18+. The van der Waals surface area contributed by atoms with Gasteiger partial charge in [0, 0.05) is 11.1 Å². The van der Waals surface area contributed by atoms with E-state index in [1.54, 1.807) is 12.1 Å². The Morgan fingerprint density at radius 1 is 0.583 bits per heavy atom. The lowest BCUT2D eigenvalue weighted by molar-refractivity contribution is 0.319. The molecule has 2 N–H and O–H groups in total. The van der Waals surface area contributed by atoms with E-state index in [1.165, 1.54) is 0 Å². The zero-order chi connectivity index (χ0) is 16.8. The number of aromatic nitrogens is 2. The maximum absolute atomic E-state index is 9.29. The highest BCUT2D eigenvalue weighted by molar-refractivity contribution is 6.13. The Kier molecular flexibility index (Phi) is 4.57. The molecule has 0 radical (unpaired) electrons. The van der Waals surface area contributed by atoms with Crippen LogP contribution in [0.4, 0.5) is 0 Å². The second-order valence-corrected chi connectivity index (χ2v) is 4.93. The third kappa shape index (κ3) is 3.12. The van der Waals surface area contributed by atoms with Gasteiger partial charge in [-0.15, -0.1) is 10.2 Å². The van der Waals surface area contributed by atoms with Gasteiger partial charge < -0.3 is 10.4 Å². The first-order valence-electron chi connectivity index (χ1n) is 7.23. The van der Waals surface area contributed by atoms with Crippen LogP contribution in [0.3, 0.4) is 0 Å². The van der Waals surface area contributed by atoms with Crippen LogP contribution in [0.15, 0.2) is 83.1 Å². The third-order valence-electron chi connectivity index (χ3n) is 3.44. The summed E-state index contributed by atoms with van der Waals surface area (Å²) in [7, 11) is 0. The van der Waals surface area contributed by atoms with Gasteiger partial charge in [-0.05, 0) is 12.1 Å². The summed E-state index contributed by atoms with van der Waals surface area (Å²) in [5.74, 6) is 0. The van der Waals surface area contributed by atoms with E-state index in [0.29, 0.717) is 22.8 Å². The Balaban J connectivity index is 1.93. The molecule has 6 heteroatoms. The van der Waals surface area contributed by atoms with Gasteiger partial charge >= 0.3 is 0 Å². The van der Waals surface area contributed by atoms with E-state index in [4.69, 9.17) is 0 Å². The Bertz CT molecular complexity index is 786. The second kappa shape index (κ2) is 7.15. The van der Waals surface area contributed by atoms with E-state index in [9.17, 15) is 10.4 Å². The molecular formula is C18H14N4O2. The number of oxime groups is 2. The molecule has 0 saturated heterocycles. The summed E-state index contributed by atoms with van der Waals surface area (Å²) in [6, 6.07) is 21.7. The topological polar surface area (TPSA) is 91.0 Å². The molecule has 24 heavy (non-hydrogen) atoms. The molecule has 0 unspecified atom stereocenters. The summed E-state index contributed by atoms with van der Waals surface area (Å²) in [6.45, 7) is 0. The molecule has 0 amide bonds.